The van der Waals surface area contributed by atoms with Gasteiger partial charge in [-0.15, -0.1) is 0 Å². The van der Waals surface area contributed by atoms with E-state index >= 15 is 0 Å². The van der Waals surface area contributed by atoms with Gasteiger partial charge in [0.2, 0.25) is 5.91 Å². The molecular formula is C26H31ClN4O2S. The highest BCUT2D eigenvalue weighted by Gasteiger charge is 2.17. The summed E-state index contributed by atoms with van der Waals surface area (Å²) in [5, 5.41) is 4.67. The van der Waals surface area contributed by atoms with Crippen LogP contribution in [0.25, 0.3) is 10.9 Å². The number of aryl methyl sites for hydroxylation is 1. The maximum Gasteiger partial charge on any atom is 0.262 e. The minimum Gasteiger partial charge on any atom is -0.325 e. The SMILES string of the molecule is Cc1ccc(NC(=O)CSc2nc3ccccc3c(=O)n2CCCN2CCC(C)CC2)cc1Cl. The van der Waals surface area contributed by atoms with E-state index in [4.69, 9.17) is 16.6 Å². The molecule has 34 heavy (non-hydrogen) atoms. The van der Waals surface area contributed by atoms with Crippen molar-refractivity contribution < 1.29 is 4.79 Å². The first-order chi connectivity index (χ1) is 16.4. The van der Waals surface area contributed by atoms with Crippen molar-refractivity contribution in [2.45, 2.75) is 44.8 Å². The van der Waals surface area contributed by atoms with Crippen molar-refractivity contribution >= 4 is 45.9 Å². The van der Waals surface area contributed by atoms with E-state index in [1.165, 1.54) is 24.6 Å². The van der Waals surface area contributed by atoms with Crippen LogP contribution in [0.4, 0.5) is 5.69 Å². The predicted octanol–water partition coefficient (Wildman–Crippen LogP) is 5.21. The number of carbonyl (C=O) groups is 1. The number of piperidine rings is 1. The maximum absolute atomic E-state index is 13.3. The number of aromatic nitrogens is 2. The first-order valence-corrected chi connectivity index (χ1v) is 13.2. The zero-order valence-electron chi connectivity index (χ0n) is 19.7. The number of rotatable bonds is 8. The zero-order valence-corrected chi connectivity index (χ0v) is 21.3. The van der Waals surface area contributed by atoms with E-state index in [1.54, 1.807) is 10.6 Å². The number of fused-ring (bicyclic) bond motifs is 1. The van der Waals surface area contributed by atoms with Crippen LogP contribution in [0.3, 0.4) is 0 Å². The van der Waals surface area contributed by atoms with Crippen LogP contribution in [0.2, 0.25) is 5.02 Å². The number of nitrogens with one attached hydrogen (secondary N) is 1. The topological polar surface area (TPSA) is 67.2 Å². The number of likely N-dealkylation sites (tertiary alicyclic amines) is 1. The van der Waals surface area contributed by atoms with E-state index in [2.05, 4.69) is 17.1 Å². The number of hydrogen-bond acceptors (Lipinski definition) is 5. The van der Waals surface area contributed by atoms with Crippen LogP contribution in [0.15, 0.2) is 52.4 Å². The van der Waals surface area contributed by atoms with Gasteiger partial charge in [0.15, 0.2) is 5.16 Å². The molecule has 0 unspecified atom stereocenters. The van der Waals surface area contributed by atoms with Crippen molar-refractivity contribution in [2.24, 2.45) is 5.92 Å². The molecule has 1 N–H and O–H groups in total. The number of thioether (sulfide) groups is 1. The van der Waals surface area contributed by atoms with Gasteiger partial charge in [-0.2, -0.15) is 0 Å². The molecule has 0 radical (unpaired) electrons. The molecule has 0 atom stereocenters. The van der Waals surface area contributed by atoms with Crippen molar-refractivity contribution in [3.63, 3.8) is 0 Å². The first-order valence-electron chi connectivity index (χ1n) is 11.8. The monoisotopic (exact) mass is 498 g/mol. The van der Waals surface area contributed by atoms with Gasteiger partial charge >= 0.3 is 0 Å². The number of para-hydroxylation sites is 1. The minimum absolute atomic E-state index is 0.0499. The minimum atomic E-state index is -0.165. The third-order valence-corrected chi connectivity index (χ3v) is 7.73. The summed E-state index contributed by atoms with van der Waals surface area (Å²) in [6.45, 7) is 8.02. The Balaban J connectivity index is 1.45. The fraction of sp³-hybridized carbons (Fsp3) is 0.423. The quantitative estimate of drug-likeness (QED) is 0.341. The van der Waals surface area contributed by atoms with Gasteiger partial charge in [-0.05, 0) is 81.6 Å². The molecule has 8 heteroatoms. The summed E-state index contributed by atoms with van der Waals surface area (Å²) in [6.07, 6.45) is 3.34. The highest BCUT2D eigenvalue weighted by atomic mass is 35.5. The zero-order chi connectivity index (χ0) is 24.1. The Morgan fingerprint density at radius 1 is 1.18 bits per heavy atom. The molecule has 3 aromatic rings. The molecule has 180 valence electrons. The van der Waals surface area contributed by atoms with E-state index in [0.717, 1.165) is 37.5 Å². The van der Waals surface area contributed by atoms with Crippen LogP contribution in [0, 0.1) is 12.8 Å². The number of benzene rings is 2. The summed E-state index contributed by atoms with van der Waals surface area (Å²) in [5.74, 6) is 0.787. The Bertz CT molecular complexity index is 1220. The van der Waals surface area contributed by atoms with E-state index in [1.807, 2.05) is 43.3 Å². The molecular weight excluding hydrogens is 468 g/mol. The molecule has 1 aliphatic heterocycles. The molecule has 2 heterocycles. The third kappa shape index (κ3) is 6.20. The Labute approximate surface area is 209 Å². The number of anilines is 1. The summed E-state index contributed by atoms with van der Waals surface area (Å²) in [6, 6.07) is 12.8. The van der Waals surface area contributed by atoms with Crippen LogP contribution in [0.1, 0.15) is 31.7 Å². The van der Waals surface area contributed by atoms with Gasteiger partial charge in [0, 0.05) is 17.3 Å². The van der Waals surface area contributed by atoms with Crippen LogP contribution in [0.5, 0.6) is 0 Å². The number of amides is 1. The summed E-state index contributed by atoms with van der Waals surface area (Å²) in [7, 11) is 0. The summed E-state index contributed by atoms with van der Waals surface area (Å²) < 4.78 is 1.73. The molecule has 1 amide bonds. The van der Waals surface area contributed by atoms with E-state index in [9.17, 15) is 9.59 Å². The Morgan fingerprint density at radius 2 is 1.94 bits per heavy atom. The van der Waals surface area contributed by atoms with Gasteiger partial charge in [0.05, 0.1) is 16.7 Å². The van der Waals surface area contributed by atoms with Crippen LogP contribution in [-0.4, -0.2) is 45.7 Å². The van der Waals surface area contributed by atoms with Gasteiger partial charge in [-0.3, -0.25) is 14.2 Å². The second-order valence-electron chi connectivity index (χ2n) is 9.05. The molecule has 1 fully saturated rings. The van der Waals surface area contributed by atoms with Gasteiger partial charge in [0.25, 0.3) is 5.56 Å². The summed E-state index contributed by atoms with van der Waals surface area (Å²) in [4.78, 5) is 33.1. The maximum atomic E-state index is 13.3. The molecule has 0 spiro atoms. The lowest BCUT2D eigenvalue weighted by Crippen LogP contribution is -2.34. The second-order valence-corrected chi connectivity index (χ2v) is 10.4. The smallest absolute Gasteiger partial charge is 0.262 e. The predicted molar refractivity (Wildman–Crippen MR) is 141 cm³/mol. The number of nitrogens with zero attached hydrogens (tertiary/aromatic N) is 3. The van der Waals surface area contributed by atoms with Gasteiger partial charge < -0.3 is 10.2 Å². The fourth-order valence-corrected chi connectivity index (χ4v) is 5.20. The summed E-state index contributed by atoms with van der Waals surface area (Å²) >= 11 is 7.46. The number of carbonyl (C=O) groups excluding carboxylic acids is 1. The van der Waals surface area contributed by atoms with E-state index < -0.39 is 0 Å². The lowest BCUT2D eigenvalue weighted by atomic mass is 9.99. The highest BCUT2D eigenvalue weighted by Crippen LogP contribution is 2.22. The fourth-order valence-electron chi connectivity index (χ4n) is 4.19. The normalized spacial score (nSPS) is 15.0. The second kappa shape index (κ2) is 11.4. The Kier molecular flexibility index (Phi) is 8.29. The average Bonchev–Trinajstić information content (AvgIpc) is 2.83. The third-order valence-electron chi connectivity index (χ3n) is 6.35. The average molecular weight is 499 g/mol. The Morgan fingerprint density at radius 3 is 2.71 bits per heavy atom. The van der Waals surface area contributed by atoms with Gasteiger partial charge in [-0.25, -0.2) is 4.98 Å². The molecule has 0 bridgehead atoms. The van der Waals surface area contributed by atoms with Crippen molar-refractivity contribution in [3.05, 3.63) is 63.4 Å². The molecule has 0 aliphatic carbocycles. The lowest BCUT2D eigenvalue weighted by molar-refractivity contribution is -0.113. The van der Waals surface area contributed by atoms with Crippen LogP contribution < -0.4 is 10.9 Å². The largest absolute Gasteiger partial charge is 0.325 e. The molecule has 6 nitrogen and oxygen atoms in total. The highest BCUT2D eigenvalue weighted by molar-refractivity contribution is 7.99. The molecule has 0 saturated carbocycles. The number of hydrogen-bond donors (Lipinski definition) is 1. The van der Waals surface area contributed by atoms with Crippen molar-refractivity contribution in [1.82, 2.24) is 14.5 Å². The molecule has 2 aromatic carbocycles. The van der Waals surface area contributed by atoms with Crippen LogP contribution >= 0.6 is 23.4 Å². The van der Waals surface area contributed by atoms with E-state index in [-0.39, 0.29) is 17.2 Å². The van der Waals surface area contributed by atoms with Crippen molar-refractivity contribution in [1.29, 1.82) is 0 Å². The summed E-state index contributed by atoms with van der Waals surface area (Å²) in [5.41, 5.74) is 2.21. The van der Waals surface area contributed by atoms with Gasteiger partial charge in [-0.1, -0.05) is 48.5 Å². The number of halogens is 1. The molecule has 4 rings (SSSR count). The van der Waals surface area contributed by atoms with Crippen molar-refractivity contribution in [3.8, 4) is 0 Å². The molecule has 1 aromatic heterocycles. The van der Waals surface area contributed by atoms with E-state index in [0.29, 0.717) is 33.3 Å². The standard InChI is InChI=1S/C26H31ClN4O2S/c1-18-10-14-30(15-11-18)12-5-13-31-25(33)21-6-3-4-7-23(21)29-26(31)34-17-24(32)28-20-9-8-19(2)22(27)16-20/h3-4,6-9,16,18H,5,10-15,17H2,1-2H3,(H,28,32). The molecule has 1 saturated heterocycles. The Hall–Kier alpha value is -2.35. The molecule has 1 aliphatic rings. The van der Waals surface area contributed by atoms with Crippen molar-refractivity contribution in [2.75, 3.05) is 30.7 Å². The lowest BCUT2D eigenvalue weighted by Gasteiger charge is -2.30. The first kappa shape index (κ1) is 24.8. The van der Waals surface area contributed by atoms with Gasteiger partial charge in [0.1, 0.15) is 0 Å². The van der Waals surface area contributed by atoms with Crippen LogP contribution in [-0.2, 0) is 11.3 Å².